The van der Waals surface area contributed by atoms with Gasteiger partial charge in [-0.15, -0.1) is 0 Å². The third-order valence-corrected chi connectivity index (χ3v) is 3.53. The molecule has 2 aromatic rings. The van der Waals surface area contributed by atoms with Crippen LogP contribution < -0.4 is 10.1 Å². The van der Waals surface area contributed by atoms with Gasteiger partial charge in [0.1, 0.15) is 17.7 Å². The van der Waals surface area contributed by atoms with Crippen molar-refractivity contribution >= 4 is 5.82 Å². The molecule has 6 heteroatoms. The van der Waals surface area contributed by atoms with Gasteiger partial charge in [0, 0.05) is 19.2 Å². The standard InChI is InChI=1S/C16H18FN3O2/c1-21-15-9-14(18-10-11-4-6-12(17)7-5-11)19-16(20-15)13-3-2-8-22-13/h4-7,9,13H,2-3,8,10H2,1H3,(H,18,19,20). The minimum atomic E-state index is -0.242. The van der Waals surface area contributed by atoms with Crippen LogP contribution >= 0.6 is 0 Å². The third-order valence-electron chi connectivity index (χ3n) is 3.53. The zero-order valence-corrected chi connectivity index (χ0v) is 12.4. The van der Waals surface area contributed by atoms with Crippen molar-refractivity contribution in [3.63, 3.8) is 0 Å². The van der Waals surface area contributed by atoms with Crippen LogP contribution in [0.5, 0.6) is 5.88 Å². The summed E-state index contributed by atoms with van der Waals surface area (Å²) in [5.41, 5.74) is 0.970. The number of nitrogens with zero attached hydrogens (tertiary/aromatic N) is 2. The van der Waals surface area contributed by atoms with E-state index in [1.165, 1.54) is 12.1 Å². The van der Waals surface area contributed by atoms with Crippen LogP contribution in [0.4, 0.5) is 10.2 Å². The number of anilines is 1. The highest BCUT2D eigenvalue weighted by Gasteiger charge is 2.21. The van der Waals surface area contributed by atoms with Crippen molar-refractivity contribution < 1.29 is 13.9 Å². The lowest BCUT2D eigenvalue weighted by atomic mass is 10.2. The summed E-state index contributed by atoms with van der Waals surface area (Å²) in [4.78, 5) is 8.85. The van der Waals surface area contributed by atoms with E-state index in [-0.39, 0.29) is 11.9 Å². The predicted octanol–water partition coefficient (Wildman–Crippen LogP) is 3.09. The molecule has 1 unspecified atom stereocenters. The predicted molar refractivity (Wildman–Crippen MR) is 80.2 cm³/mol. The van der Waals surface area contributed by atoms with Gasteiger partial charge in [0.05, 0.1) is 7.11 Å². The van der Waals surface area contributed by atoms with Crippen LogP contribution in [0.3, 0.4) is 0 Å². The van der Waals surface area contributed by atoms with Crippen LogP contribution in [-0.4, -0.2) is 23.7 Å². The Morgan fingerprint density at radius 1 is 1.32 bits per heavy atom. The monoisotopic (exact) mass is 303 g/mol. The van der Waals surface area contributed by atoms with Crippen molar-refractivity contribution in [1.82, 2.24) is 9.97 Å². The van der Waals surface area contributed by atoms with E-state index in [0.29, 0.717) is 24.1 Å². The van der Waals surface area contributed by atoms with Gasteiger partial charge in [-0.3, -0.25) is 0 Å². The molecule has 1 aromatic carbocycles. The van der Waals surface area contributed by atoms with E-state index in [2.05, 4.69) is 15.3 Å². The number of aromatic nitrogens is 2. The molecule has 0 saturated carbocycles. The lowest BCUT2D eigenvalue weighted by Crippen LogP contribution is -2.08. The second kappa shape index (κ2) is 6.70. The summed E-state index contributed by atoms with van der Waals surface area (Å²) >= 11 is 0. The highest BCUT2D eigenvalue weighted by molar-refractivity contribution is 5.39. The number of benzene rings is 1. The molecule has 22 heavy (non-hydrogen) atoms. The molecule has 1 aliphatic rings. The molecule has 0 spiro atoms. The molecular weight excluding hydrogens is 285 g/mol. The Morgan fingerprint density at radius 2 is 2.14 bits per heavy atom. The Balaban J connectivity index is 1.74. The molecule has 1 aromatic heterocycles. The first-order valence-corrected chi connectivity index (χ1v) is 7.27. The minimum absolute atomic E-state index is 0.0681. The highest BCUT2D eigenvalue weighted by Crippen LogP contribution is 2.28. The van der Waals surface area contributed by atoms with E-state index in [0.717, 1.165) is 25.0 Å². The molecule has 1 aliphatic heterocycles. The number of rotatable bonds is 5. The summed E-state index contributed by atoms with van der Waals surface area (Å²) < 4.78 is 23.7. The van der Waals surface area contributed by atoms with E-state index < -0.39 is 0 Å². The number of hydrogen-bond acceptors (Lipinski definition) is 5. The lowest BCUT2D eigenvalue weighted by Gasteiger charge is -2.12. The van der Waals surface area contributed by atoms with E-state index in [1.807, 2.05) is 0 Å². The molecule has 0 radical (unpaired) electrons. The second-order valence-corrected chi connectivity index (χ2v) is 5.14. The van der Waals surface area contributed by atoms with Gasteiger partial charge < -0.3 is 14.8 Å². The van der Waals surface area contributed by atoms with Gasteiger partial charge in [0.15, 0.2) is 5.82 Å². The zero-order chi connectivity index (χ0) is 15.4. The van der Waals surface area contributed by atoms with E-state index in [9.17, 15) is 4.39 Å². The molecule has 116 valence electrons. The lowest BCUT2D eigenvalue weighted by molar-refractivity contribution is 0.104. The number of nitrogens with one attached hydrogen (secondary N) is 1. The summed E-state index contributed by atoms with van der Waals surface area (Å²) in [6.07, 6.45) is 1.87. The topological polar surface area (TPSA) is 56.3 Å². The second-order valence-electron chi connectivity index (χ2n) is 5.14. The fraction of sp³-hybridized carbons (Fsp3) is 0.375. The Hall–Kier alpha value is -2.21. The summed E-state index contributed by atoms with van der Waals surface area (Å²) in [5.74, 6) is 1.57. The van der Waals surface area contributed by atoms with Crippen LogP contribution in [-0.2, 0) is 11.3 Å². The maximum Gasteiger partial charge on any atom is 0.218 e. The van der Waals surface area contributed by atoms with Gasteiger partial charge in [-0.2, -0.15) is 4.98 Å². The summed E-state index contributed by atoms with van der Waals surface area (Å²) in [6.45, 7) is 1.29. The van der Waals surface area contributed by atoms with Crippen LogP contribution in [0, 0.1) is 5.82 Å². The quantitative estimate of drug-likeness (QED) is 0.920. The van der Waals surface area contributed by atoms with Crippen LogP contribution in [0.1, 0.15) is 30.3 Å². The van der Waals surface area contributed by atoms with Crippen LogP contribution in [0.2, 0.25) is 0 Å². The molecule has 1 N–H and O–H groups in total. The Morgan fingerprint density at radius 3 is 2.82 bits per heavy atom. The summed E-state index contributed by atoms with van der Waals surface area (Å²) in [5, 5.41) is 3.21. The Bertz CT molecular complexity index is 628. The van der Waals surface area contributed by atoms with Gasteiger partial charge >= 0.3 is 0 Å². The molecule has 5 nitrogen and oxygen atoms in total. The number of methoxy groups -OCH3 is 1. The first-order chi connectivity index (χ1) is 10.7. The smallest absolute Gasteiger partial charge is 0.218 e. The van der Waals surface area contributed by atoms with Crippen molar-refractivity contribution in [2.45, 2.75) is 25.5 Å². The largest absolute Gasteiger partial charge is 0.481 e. The molecular formula is C16H18FN3O2. The van der Waals surface area contributed by atoms with E-state index in [4.69, 9.17) is 9.47 Å². The van der Waals surface area contributed by atoms with Gasteiger partial charge in [-0.05, 0) is 30.5 Å². The number of ether oxygens (including phenoxy) is 2. The fourth-order valence-corrected chi connectivity index (χ4v) is 2.36. The van der Waals surface area contributed by atoms with Crippen LogP contribution in [0.15, 0.2) is 30.3 Å². The third kappa shape index (κ3) is 3.51. The number of hydrogen-bond donors (Lipinski definition) is 1. The van der Waals surface area contributed by atoms with Crippen LogP contribution in [0.25, 0.3) is 0 Å². The summed E-state index contributed by atoms with van der Waals surface area (Å²) in [6, 6.07) is 8.09. The van der Waals surface area contributed by atoms with Gasteiger partial charge in [-0.1, -0.05) is 12.1 Å². The maximum absolute atomic E-state index is 12.9. The van der Waals surface area contributed by atoms with Gasteiger partial charge in [0.25, 0.3) is 0 Å². The number of halogens is 1. The van der Waals surface area contributed by atoms with E-state index >= 15 is 0 Å². The zero-order valence-electron chi connectivity index (χ0n) is 12.4. The SMILES string of the molecule is COc1cc(NCc2ccc(F)cc2)nc(C2CCCO2)n1. The Labute approximate surface area is 128 Å². The van der Waals surface area contributed by atoms with Crippen molar-refractivity contribution in [2.75, 3.05) is 19.0 Å². The minimum Gasteiger partial charge on any atom is -0.481 e. The molecule has 0 bridgehead atoms. The first-order valence-electron chi connectivity index (χ1n) is 7.27. The highest BCUT2D eigenvalue weighted by atomic mass is 19.1. The van der Waals surface area contributed by atoms with Crippen molar-refractivity contribution in [3.8, 4) is 5.88 Å². The molecule has 0 amide bonds. The molecule has 2 heterocycles. The Kier molecular flexibility index (Phi) is 4.48. The molecule has 1 fully saturated rings. The first kappa shape index (κ1) is 14.7. The van der Waals surface area contributed by atoms with Crippen molar-refractivity contribution in [3.05, 3.63) is 47.5 Å². The molecule has 0 aliphatic carbocycles. The average molecular weight is 303 g/mol. The van der Waals surface area contributed by atoms with E-state index in [1.54, 1.807) is 25.3 Å². The van der Waals surface area contributed by atoms with Gasteiger partial charge in [0.2, 0.25) is 5.88 Å². The normalized spacial score (nSPS) is 17.5. The van der Waals surface area contributed by atoms with Crippen molar-refractivity contribution in [1.29, 1.82) is 0 Å². The molecule has 1 atom stereocenters. The maximum atomic E-state index is 12.9. The fourth-order valence-electron chi connectivity index (χ4n) is 2.36. The molecule has 3 rings (SSSR count). The molecule has 1 saturated heterocycles. The average Bonchev–Trinajstić information content (AvgIpc) is 3.08. The summed E-state index contributed by atoms with van der Waals surface area (Å²) in [7, 11) is 1.57. The van der Waals surface area contributed by atoms with Gasteiger partial charge in [-0.25, -0.2) is 9.37 Å². The van der Waals surface area contributed by atoms with Crippen molar-refractivity contribution in [2.24, 2.45) is 0 Å².